The van der Waals surface area contributed by atoms with Crippen LogP contribution in [0.25, 0.3) is 0 Å². The van der Waals surface area contributed by atoms with Crippen molar-refractivity contribution in [2.75, 3.05) is 6.54 Å². The first-order valence-corrected chi connectivity index (χ1v) is 8.45. The van der Waals surface area contributed by atoms with E-state index >= 15 is 0 Å². The second kappa shape index (κ2) is 7.09. The molecule has 1 atom stereocenters. The molecular formula is C14H14BrCl2NS. The van der Waals surface area contributed by atoms with Crippen molar-refractivity contribution in [2.24, 2.45) is 0 Å². The van der Waals surface area contributed by atoms with Crippen LogP contribution in [-0.2, 0) is 6.42 Å². The molecule has 0 aliphatic rings. The number of likely N-dealkylation sites (N-methyl/N-ethyl adjacent to an activating group) is 1. The van der Waals surface area contributed by atoms with Crippen LogP contribution in [0, 0.1) is 0 Å². The molecular weight excluding hydrogens is 365 g/mol. The fraction of sp³-hybridized carbons (Fsp3) is 0.286. The van der Waals surface area contributed by atoms with Gasteiger partial charge in [-0.05, 0) is 58.0 Å². The van der Waals surface area contributed by atoms with Crippen molar-refractivity contribution >= 4 is 50.5 Å². The van der Waals surface area contributed by atoms with Crippen molar-refractivity contribution < 1.29 is 0 Å². The van der Waals surface area contributed by atoms with E-state index in [9.17, 15) is 0 Å². The Bertz CT molecular complexity index is 536. The molecule has 0 fully saturated rings. The summed E-state index contributed by atoms with van der Waals surface area (Å²) in [7, 11) is 0. The zero-order valence-electron chi connectivity index (χ0n) is 10.4. The van der Waals surface area contributed by atoms with Gasteiger partial charge in [0.05, 0.1) is 0 Å². The number of nitrogens with one attached hydrogen (secondary N) is 1. The van der Waals surface area contributed by atoms with Crippen LogP contribution in [0.3, 0.4) is 0 Å². The lowest BCUT2D eigenvalue weighted by Crippen LogP contribution is -2.22. The smallest absolute Gasteiger partial charge is 0.0468 e. The van der Waals surface area contributed by atoms with Gasteiger partial charge in [0.2, 0.25) is 0 Å². The molecule has 1 heterocycles. The van der Waals surface area contributed by atoms with E-state index in [-0.39, 0.29) is 6.04 Å². The molecule has 0 saturated carbocycles. The van der Waals surface area contributed by atoms with Crippen LogP contribution >= 0.6 is 50.5 Å². The molecule has 102 valence electrons. The van der Waals surface area contributed by atoms with Gasteiger partial charge in [0.25, 0.3) is 0 Å². The molecule has 0 radical (unpaired) electrons. The Balaban J connectivity index is 2.29. The van der Waals surface area contributed by atoms with Crippen LogP contribution in [-0.4, -0.2) is 6.54 Å². The maximum Gasteiger partial charge on any atom is 0.0468 e. The molecule has 1 N–H and O–H groups in total. The standard InChI is InChI=1S/C14H14BrCl2NS/c1-2-18-13(14-10(15)6-7-19-14)8-9-11(16)4-3-5-12(9)17/h3-7,13,18H,2,8H2,1H3. The molecule has 0 bridgehead atoms. The molecule has 0 spiro atoms. The minimum Gasteiger partial charge on any atom is -0.309 e. The van der Waals surface area contributed by atoms with Crippen molar-refractivity contribution in [3.05, 3.63) is 54.6 Å². The fourth-order valence-electron chi connectivity index (χ4n) is 1.99. The molecule has 0 aliphatic heterocycles. The maximum atomic E-state index is 6.25. The first kappa shape index (κ1) is 15.3. The highest BCUT2D eigenvalue weighted by atomic mass is 79.9. The molecule has 19 heavy (non-hydrogen) atoms. The third kappa shape index (κ3) is 3.73. The summed E-state index contributed by atoms with van der Waals surface area (Å²) in [6.45, 7) is 3.00. The van der Waals surface area contributed by atoms with Crippen LogP contribution in [0.1, 0.15) is 23.4 Å². The van der Waals surface area contributed by atoms with Crippen molar-refractivity contribution in [1.29, 1.82) is 0 Å². The molecule has 1 aromatic carbocycles. The summed E-state index contributed by atoms with van der Waals surface area (Å²) in [6, 6.07) is 7.93. The van der Waals surface area contributed by atoms with Gasteiger partial charge in [-0.2, -0.15) is 0 Å². The molecule has 1 unspecified atom stereocenters. The highest BCUT2D eigenvalue weighted by molar-refractivity contribution is 9.10. The average Bonchev–Trinajstić information content (AvgIpc) is 2.79. The third-order valence-corrected chi connectivity index (χ3v) is 5.57. The summed E-state index contributed by atoms with van der Waals surface area (Å²) in [4.78, 5) is 1.28. The molecule has 1 aromatic heterocycles. The van der Waals surface area contributed by atoms with E-state index in [4.69, 9.17) is 23.2 Å². The maximum absolute atomic E-state index is 6.25. The minimum absolute atomic E-state index is 0.219. The number of rotatable bonds is 5. The fourth-order valence-corrected chi connectivity index (χ4v) is 4.27. The number of thiophene rings is 1. The summed E-state index contributed by atoms with van der Waals surface area (Å²) in [5.41, 5.74) is 0.997. The number of benzene rings is 1. The lowest BCUT2D eigenvalue weighted by atomic mass is 10.0. The number of hydrogen-bond donors (Lipinski definition) is 1. The van der Waals surface area contributed by atoms with Gasteiger partial charge in [0.15, 0.2) is 0 Å². The van der Waals surface area contributed by atoms with Gasteiger partial charge < -0.3 is 5.32 Å². The molecule has 5 heteroatoms. The van der Waals surface area contributed by atoms with Gasteiger partial charge in [-0.25, -0.2) is 0 Å². The van der Waals surface area contributed by atoms with E-state index in [1.165, 1.54) is 4.88 Å². The van der Waals surface area contributed by atoms with E-state index in [0.717, 1.165) is 33.0 Å². The Hall–Kier alpha value is -0.0600. The monoisotopic (exact) mass is 377 g/mol. The Morgan fingerprint density at radius 3 is 2.47 bits per heavy atom. The van der Waals surface area contributed by atoms with Crippen LogP contribution in [0.5, 0.6) is 0 Å². The Morgan fingerprint density at radius 2 is 1.95 bits per heavy atom. The number of halogens is 3. The molecule has 0 saturated heterocycles. The van der Waals surface area contributed by atoms with Crippen molar-refractivity contribution in [3.63, 3.8) is 0 Å². The van der Waals surface area contributed by atoms with Crippen LogP contribution in [0.4, 0.5) is 0 Å². The first-order valence-electron chi connectivity index (χ1n) is 6.02. The summed E-state index contributed by atoms with van der Waals surface area (Å²) in [5, 5.41) is 7.02. The number of hydrogen-bond acceptors (Lipinski definition) is 2. The molecule has 2 rings (SSSR count). The van der Waals surface area contributed by atoms with Crippen molar-refractivity contribution in [2.45, 2.75) is 19.4 Å². The third-order valence-electron chi connectivity index (χ3n) is 2.88. The predicted molar refractivity (Wildman–Crippen MR) is 88.6 cm³/mol. The average molecular weight is 379 g/mol. The largest absolute Gasteiger partial charge is 0.309 e. The van der Waals surface area contributed by atoms with Gasteiger partial charge in [-0.3, -0.25) is 0 Å². The molecule has 0 amide bonds. The Labute approximate surface area is 136 Å². The van der Waals surface area contributed by atoms with Crippen LogP contribution in [0.2, 0.25) is 10.0 Å². The summed E-state index contributed by atoms with van der Waals surface area (Å²) < 4.78 is 1.13. The quantitative estimate of drug-likeness (QED) is 0.702. The van der Waals surface area contributed by atoms with E-state index < -0.39 is 0 Å². The SMILES string of the molecule is CCNC(Cc1c(Cl)cccc1Cl)c1sccc1Br. The van der Waals surface area contributed by atoms with Gasteiger partial charge in [-0.1, -0.05) is 36.2 Å². The lowest BCUT2D eigenvalue weighted by molar-refractivity contribution is 0.557. The predicted octanol–water partition coefficient (Wildman–Crippen LogP) is 5.71. The lowest BCUT2D eigenvalue weighted by Gasteiger charge is -2.19. The first-order chi connectivity index (χ1) is 9.13. The van der Waals surface area contributed by atoms with E-state index in [1.54, 1.807) is 11.3 Å². The van der Waals surface area contributed by atoms with Crippen LogP contribution in [0.15, 0.2) is 34.1 Å². The normalized spacial score (nSPS) is 12.6. The van der Waals surface area contributed by atoms with Crippen molar-refractivity contribution in [3.8, 4) is 0 Å². The molecule has 1 nitrogen and oxygen atoms in total. The highest BCUT2D eigenvalue weighted by Gasteiger charge is 2.18. The van der Waals surface area contributed by atoms with E-state index in [0.29, 0.717) is 0 Å². The van der Waals surface area contributed by atoms with E-state index in [2.05, 4.69) is 39.6 Å². The Kier molecular flexibility index (Phi) is 5.72. The van der Waals surface area contributed by atoms with E-state index in [1.807, 2.05) is 18.2 Å². The summed E-state index contributed by atoms with van der Waals surface area (Å²) in [5.74, 6) is 0. The molecule has 2 aromatic rings. The van der Waals surface area contributed by atoms with Gasteiger partial charge in [0.1, 0.15) is 0 Å². The van der Waals surface area contributed by atoms with Gasteiger partial charge >= 0.3 is 0 Å². The van der Waals surface area contributed by atoms with Crippen LogP contribution < -0.4 is 5.32 Å². The second-order valence-electron chi connectivity index (χ2n) is 4.15. The van der Waals surface area contributed by atoms with Gasteiger partial charge in [0, 0.05) is 25.4 Å². The Morgan fingerprint density at radius 1 is 1.26 bits per heavy atom. The zero-order valence-corrected chi connectivity index (χ0v) is 14.3. The van der Waals surface area contributed by atoms with Crippen molar-refractivity contribution in [1.82, 2.24) is 5.32 Å². The molecule has 0 aliphatic carbocycles. The summed E-state index contributed by atoms with van der Waals surface area (Å²) >= 11 is 17.8. The summed E-state index contributed by atoms with van der Waals surface area (Å²) in [6.07, 6.45) is 0.783. The minimum atomic E-state index is 0.219. The second-order valence-corrected chi connectivity index (χ2v) is 6.76. The zero-order chi connectivity index (χ0) is 13.8. The topological polar surface area (TPSA) is 12.0 Å². The van der Waals surface area contributed by atoms with Gasteiger partial charge in [-0.15, -0.1) is 11.3 Å². The highest BCUT2D eigenvalue weighted by Crippen LogP contribution is 2.34.